The van der Waals surface area contributed by atoms with Gasteiger partial charge in [0.15, 0.2) is 0 Å². The van der Waals surface area contributed by atoms with Gasteiger partial charge in [-0.25, -0.2) is 0 Å². The Balaban J connectivity index is 2.48. The predicted octanol–water partition coefficient (Wildman–Crippen LogP) is 3.87. The predicted molar refractivity (Wildman–Crippen MR) is 66.7 cm³/mol. The molecule has 0 fully saturated rings. The van der Waals surface area contributed by atoms with Crippen molar-refractivity contribution in [2.45, 2.75) is 52.5 Å². The average Bonchev–Trinajstić information content (AvgIpc) is 2.42. The number of aryl methyl sites for hydroxylation is 2. The molecule has 82 valence electrons. The third-order valence-corrected chi connectivity index (χ3v) is 3.52. The van der Waals surface area contributed by atoms with Crippen LogP contribution in [0.5, 0.6) is 0 Å². The molecule has 1 aromatic carbocycles. The zero-order valence-electron chi connectivity index (χ0n) is 10.2. The zero-order chi connectivity index (χ0) is 11.0. The van der Waals surface area contributed by atoms with Gasteiger partial charge in [0.05, 0.1) is 0 Å². The number of anilines is 1. The molecule has 0 saturated heterocycles. The summed E-state index contributed by atoms with van der Waals surface area (Å²) in [6.45, 7) is 9.05. The molecule has 15 heavy (non-hydrogen) atoms. The minimum absolute atomic E-state index is 0.581. The van der Waals surface area contributed by atoms with Gasteiger partial charge < -0.3 is 5.32 Å². The monoisotopic (exact) mass is 203 g/mol. The Labute approximate surface area is 92.9 Å². The van der Waals surface area contributed by atoms with Crippen molar-refractivity contribution in [3.8, 4) is 0 Å². The highest BCUT2D eigenvalue weighted by Crippen LogP contribution is 2.39. The Kier molecular flexibility index (Phi) is 2.72. The lowest BCUT2D eigenvalue weighted by molar-refractivity contribution is 0.682. The first kappa shape index (κ1) is 10.5. The van der Waals surface area contributed by atoms with Gasteiger partial charge in [0.2, 0.25) is 0 Å². The van der Waals surface area contributed by atoms with Crippen LogP contribution in [0.15, 0.2) is 12.1 Å². The van der Waals surface area contributed by atoms with Gasteiger partial charge >= 0.3 is 0 Å². The summed E-state index contributed by atoms with van der Waals surface area (Å²) in [6.07, 6.45) is 2.44. The Morgan fingerprint density at radius 3 is 2.67 bits per heavy atom. The van der Waals surface area contributed by atoms with Crippen molar-refractivity contribution in [2.24, 2.45) is 0 Å². The highest BCUT2D eigenvalue weighted by atomic mass is 15.0. The lowest BCUT2D eigenvalue weighted by atomic mass is 9.90. The molecule has 0 aliphatic carbocycles. The molecular formula is C14H21N. The summed E-state index contributed by atoms with van der Waals surface area (Å²) in [5, 5.41) is 3.59. The number of nitrogens with one attached hydrogen (secondary N) is 1. The number of fused-ring (bicyclic) bond motifs is 1. The van der Waals surface area contributed by atoms with E-state index in [1.807, 2.05) is 0 Å². The first-order valence-corrected chi connectivity index (χ1v) is 6.03. The smallest absolute Gasteiger partial charge is 0.0383 e. The van der Waals surface area contributed by atoms with Gasteiger partial charge in [0.25, 0.3) is 0 Å². The number of hydrogen-bond donors (Lipinski definition) is 1. The molecule has 0 amide bonds. The van der Waals surface area contributed by atoms with Crippen molar-refractivity contribution in [3.05, 3.63) is 28.8 Å². The van der Waals surface area contributed by atoms with E-state index in [2.05, 4.69) is 45.1 Å². The Morgan fingerprint density at radius 1 is 1.27 bits per heavy atom. The third kappa shape index (κ3) is 1.75. The van der Waals surface area contributed by atoms with Crippen LogP contribution in [0.25, 0.3) is 0 Å². The summed E-state index contributed by atoms with van der Waals surface area (Å²) >= 11 is 0. The van der Waals surface area contributed by atoms with Crippen molar-refractivity contribution < 1.29 is 0 Å². The third-order valence-electron chi connectivity index (χ3n) is 3.52. The molecular weight excluding hydrogens is 182 g/mol. The van der Waals surface area contributed by atoms with E-state index in [9.17, 15) is 0 Å². The fourth-order valence-electron chi connectivity index (χ4n) is 2.63. The van der Waals surface area contributed by atoms with E-state index in [1.165, 1.54) is 24.1 Å². The van der Waals surface area contributed by atoms with Crippen molar-refractivity contribution >= 4 is 5.69 Å². The summed E-state index contributed by atoms with van der Waals surface area (Å²) < 4.78 is 0. The highest BCUT2D eigenvalue weighted by molar-refractivity contribution is 5.63. The molecule has 1 aliphatic heterocycles. The second-order valence-corrected chi connectivity index (χ2v) is 4.86. The molecule has 2 atom stereocenters. The molecule has 1 aliphatic rings. The van der Waals surface area contributed by atoms with Gasteiger partial charge in [-0.15, -0.1) is 0 Å². The maximum Gasteiger partial charge on any atom is 0.0383 e. The van der Waals surface area contributed by atoms with Crippen LogP contribution in [0.1, 0.15) is 49.8 Å². The van der Waals surface area contributed by atoms with Crippen LogP contribution in [0.3, 0.4) is 0 Å². The van der Waals surface area contributed by atoms with Crippen LogP contribution in [0.2, 0.25) is 0 Å². The van der Waals surface area contributed by atoms with Crippen LogP contribution in [-0.2, 0) is 6.42 Å². The van der Waals surface area contributed by atoms with Crippen LogP contribution >= 0.6 is 0 Å². The van der Waals surface area contributed by atoms with Crippen LogP contribution in [0.4, 0.5) is 5.69 Å². The van der Waals surface area contributed by atoms with E-state index < -0.39 is 0 Å². The first-order valence-electron chi connectivity index (χ1n) is 6.03. The second kappa shape index (κ2) is 3.88. The molecule has 1 nitrogen and oxygen atoms in total. The highest BCUT2D eigenvalue weighted by Gasteiger charge is 2.27. The lowest BCUT2D eigenvalue weighted by Crippen LogP contribution is -2.13. The molecule has 1 aromatic rings. The molecule has 0 aromatic heterocycles. The van der Waals surface area contributed by atoms with E-state index in [1.54, 1.807) is 11.1 Å². The fourth-order valence-corrected chi connectivity index (χ4v) is 2.63. The SMILES string of the molecule is CCCc1cc(C)cc2c1[C@@H](C)[C@@H](C)N2. The van der Waals surface area contributed by atoms with E-state index >= 15 is 0 Å². The van der Waals surface area contributed by atoms with Crippen molar-refractivity contribution in [3.63, 3.8) is 0 Å². The minimum atomic E-state index is 0.581. The standard InChI is InChI=1S/C14H21N/c1-5-6-12-7-9(2)8-13-14(12)10(3)11(4)15-13/h7-8,10-11,15H,5-6H2,1-4H3/t10-,11+/m0/s1. The molecule has 0 spiro atoms. The van der Waals surface area contributed by atoms with Gasteiger partial charge in [0.1, 0.15) is 0 Å². The van der Waals surface area contributed by atoms with Gasteiger partial charge in [-0.1, -0.05) is 26.3 Å². The number of rotatable bonds is 2. The van der Waals surface area contributed by atoms with Gasteiger partial charge in [-0.2, -0.15) is 0 Å². The largest absolute Gasteiger partial charge is 0.382 e. The Bertz CT molecular complexity index is 368. The second-order valence-electron chi connectivity index (χ2n) is 4.86. The summed E-state index contributed by atoms with van der Waals surface area (Å²) in [5.74, 6) is 0.655. The normalized spacial score (nSPS) is 23.7. The van der Waals surface area contributed by atoms with Crippen molar-refractivity contribution in [2.75, 3.05) is 5.32 Å². The average molecular weight is 203 g/mol. The Hall–Kier alpha value is -0.980. The molecule has 0 unspecified atom stereocenters. The maximum atomic E-state index is 3.59. The maximum absolute atomic E-state index is 3.59. The van der Waals surface area contributed by atoms with Crippen molar-refractivity contribution in [1.29, 1.82) is 0 Å². The summed E-state index contributed by atoms with van der Waals surface area (Å²) in [5.41, 5.74) is 5.87. The first-order chi connectivity index (χ1) is 7.13. The molecule has 0 bridgehead atoms. The van der Waals surface area contributed by atoms with Crippen molar-refractivity contribution in [1.82, 2.24) is 0 Å². The summed E-state index contributed by atoms with van der Waals surface area (Å²) in [6, 6.07) is 5.23. The van der Waals surface area contributed by atoms with E-state index in [0.29, 0.717) is 12.0 Å². The quantitative estimate of drug-likeness (QED) is 0.769. The minimum Gasteiger partial charge on any atom is -0.382 e. The number of benzene rings is 1. The zero-order valence-corrected chi connectivity index (χ0v) is 10.2. The molecule has 1 heterocycles. The summed E-state index contributed by atoms with van der Waals surface area (Å²) in [7, 11) is 0. The van der Waals surface area contributed by atoms with Crippen LogP contribution < -0.4 is 5.32 Å². The lowest BCUT2D eigenvalue weighted by Gasteiger charge is -2.13. The van der Waals surface area contributed by atoms with E-state index in [0.717, 1.165) is 0 Å². The van der Waals surface area contributed by atoms with Gasteiger partial charge in [-0.3, -0.25) is 0 Å². The van der Waals surface area contributed by atoms with Crippen LogP contribution in [0, 0.1) is 6.92 Å². The number of hydrogen-bond acceptors (Lipinski definition) is 1. The van der Waals surface area contributed by atoms with Gasteiger partial charge in [0, 0.05) is 17.6 Å². The molecule has 2 rings (SSSR count). The topological polar surface area (TPSA) is 12.0 Å². The molecule has 1 N–H and O–H groups in total. The fraction of sp³-hybridized carbons (Fsp3) is 0.571. The molecule has 0 saturated carbocycles. The van der Waals surface area contributed by atoms with E-state index in [4.69, 9.17) is 0 Å². The summed E-state index contributed by atoms with van der Waals surface area (Å²) in [4.78, 5) is 0. The van der Waals surface area contributed by atoms with E-state index in [-0.39, 0.29) is 0 Å². The van der Waals surface area contributed by atoms with Gasteiger partial charge in [-0.05, 0) is 43.0 Å². The molecule has 0 radical (unpaired) electrons. The Morgan fingerprint density at radius 2 is 2.00 bits per heavy atom. The molecule has 1 heteroatoms. The van der Waals surface area contributed by atoms with Crippen LogP contribution in [-0.4, -0.2) is 6.04 Å².